The van der Waals surface area contributed by atoms with Gasteiger partial charge >= 0.3 is 97.3 Å². The predicted octanol–water partition coefficient (Wildman–Crippen LogP) is 2.65. The van der Waals surface area contributed by atoms with Crippen LogP contribution in [0.15, 0.2) is 18.2 Å². The Morgan fingerprint density at radius 2 is 1.73 bits per heavy atom. The van der Waals surface area contributed by atoms with Crippen LogP contribution in [0, 0.1) is 0 Å². The zero-order valence-corrected chi connectivity index (χ0v) is 11.7. The molecule has 0 aliphatic heterocycles. The zero-order valence-electron chi connectivity index (χ0n) is 8.81. The van der Waals surface area contributed by atoms with Gasteiger partial charge in [-0.25, -0.2) is 0 Å². The Kier molecular flexibility index (Phi) is 3.68. The molecule has 0 atom stereocenters. The average molecular weight is 322 g/mol. The van der Waals surface area contributed by atoms with Gasteiger partial charge in [0.05, 0.1) is 0 Å². The Morgan fingerprint density at radius 1 is 1.13 bits per heavy atom. The van der Waals surface area contributed by atoms with Crippen molar-refractivity contribution >= 4 is 24.9 Å². The van der Waals surface area contributed by atoms with Gasteiger partial charge in [-0.05, 0) is 0 Å². The second kappa shape index (κ2) is 4.31. The van der Waals surface area contributed by atoms with Crippen LogP contribution < -0.4 is 3.71 Å². The summed E-state index contributed by atoms with van der Waals surface area (Å²) < 4.78 is 37.8. The number of hydrogen-bond donors (Lipinski definition) is 0. The second-order valence-electron chi connectivity index (χ2n) is 4.28. The molecule has 0 fully saturated rings. The van der Waals surface area contributed by atoms with Crippen LogP contribution in [0.25, 0.3) is 0 Å². The first kappa shape index (κ1) is 12.8. The molecular weight excluding hydrogens is 310 g/mol. The van der Waals surface area contributed by atoms with Crippen molar-refractivity contribution in [3.63, 3.8) is 0 Å². The van der Waals surface area contributed by atoms with Gasteiger partial charge in [-0.1, -0.05) is 0 Å². The van der Waals surface area contributed by atoms with Crippen molar-refractivity contribution < 1.29 is 13.2 Å². The summed E-state index contributed by atoms with van der Waals surface area (Å²) in [4.78, 5) is 3.68. The predicted molar refractivity (Wildman–Crippen MR) is 54.3 cm³/mol. The van der Waals surface area contributed by atoms with E-state index in [0.717, 1.165) is 6.07 Å². The normalized spacial score (nSPS) is 12.9. The molecule has 0 spiro atoms. The van der Waals surface area contributed by atoms with Gasteiger partial charge in [0.1, 0.15) is 0 Å². The zero-order chi connectivity index (χ0) is 11.7. The van der Waals surface area contributed by atoms with E-state index in [1.165, 1.54) is 6.07 Å². The van der Waals surface area contributed by atoms with E-state index in [1.807, 2.05) is 20.8 Å². The van der Waals surface area contributed by atoms with E-state index < -0.39 is 33.0 Å². The molecule has 15 heavy (non-hydrogen) atoms. The molecule has 82 valence electrons. The average Bonchev–Trinajstić information content (AvgIpc) is 1.99. The van der Waals surface area contributed by atoms with Crippen molar-refractivity contribution in [3.05, 3.63) is 23.9 Å². The van der Waals surface area contributed by atoms with E-state index in [9.17, 15) is 13.2 Å². The molecule has 0 aliphatic rings. The standard InChI is InChI=1S/C6H3F3N.C4H9.Sn/c7-6(8,9)5-3-1-2-4-10-5;1-4(2)3;/h1-3H;1-3H3;. The Hall–Kier alpha value is -0.261. The molecule has 0 amide bonds. The van der Waals surface area contributed by atoms with Crippen molar-refractivity contribution in [2.24, 2.45) is 0 Å². The molecule has 1 aromatic heterocycles. The molecule has 1 aromatic rings. The minimum absolute atomic E-state index is 0.112. The number of alkyl halides is 3. The minimum atomic E-state index is -4.33. The van der Waals surface area contributed by atoms with Crippen molar-refractivity contribution in [1.29, 1.82) is 0 Å². The van der Waals surface area contributed by atoms with E-state index in [1.54, 1.807) is 6.07 Å². The first-order valence-electron chi connectivity index (χ1n) is 4.51. The first-order valence-corrected chi connectivity index (χ1v) is 7.36. The van der Waals surface area contributed by atoms with Gasteiger partial charge < -0.3 is 0 Å². The number of hydrogen-bond acceptors (Lipinski definition) is 1. The van der Waals surface area contributed by atoms with Crippen LogP contribution >= 0.6 is 0 Å². The van der Waals surface area contributed by atoms with E-state index in [2.05, 4.69) is 4.98 Å². The number of rotatable bonds is 1. The monoisotopic (exact) mass is 323 g/mol. The third-order valence-electron chi connectivity index (χ3n) is 1.54. The van der Waals surface area contributed by atoms with Crippen LogP contribution in [-0.2, 0) is 6.18 Å². The summed E-state index contributed by atoms with van der Waals surface area (Å²) in [5, 5.41) is 0. The van der Waals surface area contributed by atoms with Crippen LogP contribution in [0.4, 0.5) is 13.2 Å². The third-order valence-corrected chi connectivity index (χ3v) is 5.21. The summed E-state index contributed by atoms with van der Waals surface area (Å²) in [6.07, 6.45) is -4.33. The molecule has 0 bridgehead atoms. The van der Waals surface area contributed by atoms with Gasteiger partial charge in [0.2, 0.25) is 0 Å². The van der Waals surface area contributed by atoms with Crippen LogP contribution in [-0.4, -0.2) is 26.1 Å². The molecule has 0 unspecified atom stereocenters. The molecule has 0 aromatic carbocycles. The van der Waals surface area contributed by atoms with Crippen LogP contribution in [0.3, 0.4) is 0 Å². The third kappa shape index (κ3) is 4.40. The summed E-state index contributed by atoms with van der Waals surface area (Å²) in [7, 11) is 0. The van der Waals surface area contributed by atoms with Crippen molar-refractivity contribution in [1.82, 2.24) is 4.98 Å². The molecule has 0 aliphatic carbocycles. The fourth-order valence-corrected chi connectivity index (χ4v) is 4.26. The summed E-state index contributed by atoms with van der Waals surface area (Å²) in [5.74, 6) is 0. The second-order valence-corrected chi connectivity index (χ2v) is 10.7. The van der Waals surface area contributed by atoms with Crippen molar-refractivity contribution in [2.45, 2.75) is 30.4 Å². The fourth-order valence-electron chi connectivity index (χ4n) is 1.05. The molecule has 1 rings (SSSR count). The van der Waals surface area contributed by atoms with Gasteiger partial charge in [-0.3, -0.25) is 0 Å². The van der Waals surface area contributed by atoms with Crippen molar-refractivity contribution in [2.75, 3.05) is 0 Å². The Labute approximate surface area is 97.3 Å². The van der Waals surface area contributed by atoms with E-state index in [-0.39, 0.29) is 3.43 Å². The van der Waals surface area contributed by atoms with Gasteiger partial charge in [0.25, 0.3) is 0 Å². The summed E-state index contributed by atoms with van der Waals surface area (Å²) in [5.41, 5.74) is -0.773. The molecule has 0 saturated carbocycles. The molecule has 2 radical (unpaired) electrons. The first-order chi connectivity index (χ1) is 6.68. The van der Waals surface area contributed by atoms with E-state index in [0.29, 0.717) is 3.71 Å². The number of pyridine rings is 1. The Balaban J connectivity index is 2.94. The molecule has 1 nitrogen and oxygen atoms in total. The Morgan fingerprint density at radius 3 is 2.20 bits per heavy atom. The van der Waals surface area contributed by atoms with Gasteiger partial charge in [0.15, 0.2) is 0 Å². The summed E-state index contributed by atoms with van der Waals surface area (Å²) in [6.45, 7) is 6.13. The van der Waals surface area contributed by atoms with Crippen LogP contribution in [0.2, 0.25) is 3.43 Å². The Bertz CT molecular complexity index is 341. The van der Waals surface area contributed by atoms with Gasteiger partial charge in [0, 0.05) is 0 Å². The van der Waals surface area contributed by atoms with Gasteiger partial charge in [-0.15, -0.1) is 0 Å². The maximum atomic E-state index is 12.4. The quantitative estimate of drug-likeness (QED) is 0.725. The molecule has 0 N–H and O–H groups in total. The summed E-state index contributed by atoms with van der Waals surface area (Å²) >= 11 is -1.06. The number of halogens is 3. The fraction of sp³-hybridized carbons (Fsp3) is 0.500. The topological polar surface area (TPSA) is 12.9 Å². The summed E-state index contributed by atoms with van der Waals surface area (Å²) in [6, 6.07) is 4.16. The molecule has 1 heterocycles. The van der Waals surface area contributed by atoms with E-state index in [4.69, 9.17) is 0 Å². The van der Waals surface area contributed by atoms with Gasteiger partial charge in [-0.2, -0.15) is 0 Å². The number of nitrogens with zero attached hydrogens (tertiary/aromatic N) is 1. The maximum absolute atomic E-state index is 12.4. The van der Waals surface area contributed by atoms with Crippen LogP contribution in [0.1, 0.15) is 26.5 Å². The van der Waals surface area contributed by atoms with E-state index >= 15 is 0 Å². The number of aromatic nitrogens is 1. The molecule has 0 saturated heterocycles. The van der Waals surface area contributed by atoms with Crippen molar-refractivity contribution in [3.8, 4) is 0 Å². The molecule has 5 heteroatoms. The molecular formula is C10H12F3NSn. The van der Waals surface area contributed by atoms with Crippen LogP contribution in [0.5, 0.6) is 0 Å². The SMILES string of the molecule is C[C](C)(C)[Sn][c]1cccc(C(F)(F)F)n1.